The van der Waals surface area contributed by atoms with Crippen LogP contribution in [0.3, 0.4) is 0 Å². The Bertz CT molecular complexity index is 462. The first kappa shape index (κ1) is 9.99. The number of thiophene rings is 1. The maximum absolute atomic E-state index is 5.81. The maximum atomic E-state index is 5.81. The molecule has 0 aliphatic carbocycles. The van der Waals surface area contributed by atoms with Crippen molar-refractivity contribution < 1.29 is 0 Å². The van der Waals surface area contributed by atoms with E-state index in [9.17, 15) is 0 Å². The fraction of sp³-hybridized carbons (Fsp3) is 0.273. The van der Waals surface area contributed by atoms with Crippen molar-refractivity contribution in [2.75, 3.05) is 5.73 Å². The zero-order valence-electron chi connectivity index (χ0n) is 8.01. The van der Waals surface area contributed by atoms with E-state index in [0.29, 0.717) is 0 Å². The number of hydrogen-bond acceptors (Lipinski definition) is 2. The molecule has 0 aliphatic rings. The van der Waals surface area contributed by atoms with Gasteiger partial charge in [0.15, 0.2) is 0 Å². The quantitative estimate of drug-likeness (QED) is 0.822. The van der Waals surface area contributed by atoms with Gasteiger partial charge in [-0.25, -0.2) is 0 Å². The minimum Gasteiger partial charge on any atom is -0.391 e. The highest BCUT2D eigenvalue weighted by molar-refractivity contribution is 9.08. The molecule has 0 unspecified atom stereocenters. The maximum Gasteiger partial charge on any atom is 0.0868 e. The van der Waals surface area contributed by atoms with Crippen LogP contribution in [-0.2, 0) is 11.8 Å². The van der Waals surface area contributed by atoms with E-state index in [4.69, 9.17) is 5.73 Å². The lowest BCUT2D eigenvalue weighted by atomic mass is 10.1. The lowest BCUT2D eigenvalue weighted by Gasteiger charge is -2.02. The van der Waals surface area contributed by atoms with Gasteiger partial charge < -0.3 is 5.73 Å². The average molecular weight is 270 g/mol. The number of aryl methyl sites for hydroxylation is 1. The van der Waals surface area contributed by atoms with Crippen LogP contribution in [0.5, 0.6) is 0 Å². The highest BCUT2D eigenvalue weighted by atomic mass is 79.9. The molecule has 0 saturated heterocycles. The Morgan fingerprint density at radius 1 is 1.36 bits per heavy atom. The molecule has 1 aromatic heterocycles. The molecule has 0 saturated carbocycles. The Balaban J connectivity index is 2.72. The van der Waals surface area contributed by atoms with Gasteiger partial charge in [0.2, 0.25) is 0 Å². The SMILES string of the molecule is CCc1cc(CBr)cc2sc(N)cc12. The van der Waals surface area contributed by atoms with Gasteiger partial charge in [0.1, 0.15) is 0 Å². The van der Waals surface area contributed by atoms with Crippen molar-refractivity contribution in [3.05, 3.63) is 29.3 Å². The van der Waals surface area contributed by atoms with Crippen LogP contribution < -0.4 is 5.73 Å². The van der Waals surface area contributed by atoms with Crippen LogP contribution in [0.2, 0.25) is 0 Å². The summed E-state index contributed by atoms with van der Waals surface area (Å²) in [6.45, 7) is 2.18. The van der Waals surface area contributed by atoms with Gasteiger partial charge in [0, 0.05) is 10.0 Å². The summed E-state index contributed by atoms with van der Waals surface area (Å²) in [7, 11) is 0. The standard InChI is InChI=1S/C11H12BrNS/c1-2-8-3-7(6-12)4-10-9(8)5-11(13)14-10/h3-5H,2,6,13H2,1H3. The molecule has 1 aromatic carbocycles. The van der Waals surface area contributed by atoms with Gasteiger partial charge in [-0.2, -0.15) is 0 Å². The van der Waals surface area contributed by atoms with Crippen LogP contribution in [0, 0.1) is 0 Å². The topological polar surface area (TPSA) is 26.0 Å². The molecule has 0 aliphatic heterocycles. The van der Waals surface area contributed by atoms with Gasteiger partial charge in [-0.1, -0.05) is 28.9 Å². The summed E-state index contributed by atoms with van der Waals surface area (Å²) in [5, 5.41) is 3.13. The normalized spacial score (nSPS) is 11.0. The fourth-order valence-electron chi connectivity index (χ4n) is 1.66. The van der Waals surface area contributed by atoms with Crippen LogP contribution in [0.15, 0.2) is 18.2 Å². The Hall–Kier alpha value is -0.540. The smallest absolute Gasteiger partial charge is 0.0868 e. The van der Waals surface area contributed by atoms with Crippen LogP contribution in [0.25, 0.3) is 10.1 Å². The molecule has 2 rings (SSSR count). The van der Waals surface area contributed by atoms with E-state index >= 15 is 0 Å². The molecule has 74 valence electrons. The van der Waals surface area contributed by atoms with Crippen molar-refractivity contribution in [2.24, 2.45) is 0 Å². The van der Waals surface area contributed by atoms with E-state index in [-0.39, 0.29) is 0 Å². The number of halogens is 1. The summed E-state index contributed by atoms with van der Waals surface area (Å²) in [5.41, 5.74) is 8.54. The minimum absolute atomic E-state index is 0.904. The third-order valence-electron chi connectivity index (χ3n) is 2.34. The number of nitrogens with two attached hydrogens (primary N) is 1. The Labute approximate surface area is 96.1 Å². The number of nitrogen functional groups attached to an aromatic ring is 1. The molecule has 2 N–H and O–H groups in total. The molecule has 0 atom stereocenters. The number of hydrogen-bond donors (Lipinski definition) is 1. The molecule has 1 nitrogen and oxygen atoms in total. The number of alkyl halides is 1. The third-order valence-corrected chi connectivity index (χ3v) is 3.90. The highest BCUT2D eigenvalue weighted by Gasteiger charge is 2.05. The minimum atomic E-state index is 0.904. The molecule has 0 amide bonds. The summed E-state index contributed by atoms with van der Waals surface area (Å²) < 4.78 is 1.30. The number of benzene rings is 1. The van der Waals surface area contributed by atoms with Crippen molar-refractivity contribution >= 4 is 42.4 Å². The number of rotatable bonds is 2. The predicted molar refractivity (Wildman–Crippen MR) is 68.2 cm³/mol. The molecule has 14 heavy (non-hydrogen) atoms. The first-order chi connectivity index (χ1) is 6.74. The molecule has 0 spiro atoms. The van der Waals surface area contributed by atoms with Crippen LogP contribution >= 0.6 is 27.3 Å². The highest BCUT2D eigenvalue weighted by Crippen LogP contribution is 2.32. The van der Waals surface area contributed by atoms with Gasteiger partial charge in [0.05, 0.1) is 5.00 Å². The second kappa shape index (κ2) is 3.91. The summed E-state index contributed by atoms with van der Waals surface area (Å²) in [5.74, 6) is 0. The Kier molecular flexibility index (Phi) is 2.79. The van der Waals surface area contributed by atoms with Gasteiger partial charge in [-0.05, 0) is 35.1 Å². The summed E-state index contributed by atoms with van der Waals surface area (Å²) in [6.07, 6.45) is 1.06. The van der Waals surface area contributed by atoms with E-state index in [1.165, 1.54) is 21.2 Å². The van der Waals surface area contributed by atoms with E-state index in [1.807, 2.05) is 0 Å². The van der Waals surface area contributed by atoms with Gasteiger partial charge in [-0.3, -0.25) is 0 Å². The van der Waals surface area contributed by atoms with E-state index in [1.54, 1.807) is 11.3 Å². The molecule has 0 fully saturated rings. The number of anilines is 1. The molecular weight excluding hydrogens is 258 g/mol. The second-order valence-electron chi connectivity index (χ2n) is 3.30. The zero-order valence-corrected chi connectivity index (χ0v) is 10.4. The summed E-state index contributed by atoms with van der Waals surface area (Å²) in [4.78, 5) is 0. The number of fused-ring (bicyclic) bond motifs is 1. The van der Waals surface area contributed by atoms with Crippen molar-refractivity contribution in [1.82, 2.24) is 0 Å². The van der Waals surface area contributed by atoms with Gasteiger partial charge >= 0.3 is 0 Å². The molecule has 1 heterocycles. The van der Waals surface area contributed by atoms with Crippen LogP contribution in [-0.4, -0.2) is 0 Å². The van der Waals surface area contributed by atoms with Gasteiger partial charge in [0.25, 0.3) is 0 Å². The molecular formula is C11H12BrNS. The predicted octanol–water partition coefficient (Wildman–Crippen LogP) is 3.94. The lowest BCUT2D eigenvalue weighted by Crippen LogP contribution is -1.84. The van der Waals surface area contributed by atoms with E-state index in [0.717, 1.165) is 16.8 Å². The monoisotopic (exact) mass is 269 g/mol. The molecule has 0 radical (unpaired) electrons. The summed E-state index contributed by atoms with van der Waals surface area (Å²) in [6, 6.07) is 6.55. The second-order valence-corrected chi connectivity index (χ2v) is 4.98. The first-order valence-corrected chi connectivity index (χ1v) is 6.55. The van der Waals surface area contributed by atoms with Crippen LogP contribution in [0.4, 0.5) is 5.00 Å². The van der Waals surface area contributed by atoms with Crippen molar-refractivity contribution in [3.8, 4) is 0 Å². The lowest BCUT2D eigenvalue weighted by molar-refractivity contribution is 1.15. The average Bonchev–Trinajstić information content (AvgIpc) is 2.56. The van der Waals surface area contributed by atoms with E-state index in [2.05, 4.69) is 41.1 Å². The van der Waals surface area contributed by atoms with Gasteiger partial charge in [-0.15, -0.1) is 11.3 Å². The third kappa shape index (κ3) is 1.66. The zero-order chi connectivity index (χ0) is 10.1. The fourth-order valence-corrected chi connectivity index (χ4v) is 2.93. The van der Waals surface area contributed by atoms with Crippen molar-refractivity contribution in [3.63, 3.8) is 0 Å². The molecule has 0 bridgehead atoms. The summed E-state index contributed by atoms with van der Waals surface area (Å²) >= 11 is 5.15. The Morgan fingerprint density at radius 2 is 2.14 bits per heavy atom. The molecule has 3 heteroatoms. The van der Waals surface area contributed by atoms with Crippen molar-refractivity contribution in [2.45, 2.75) is 18.7 Å². The largest absolute Gasteiger partial charge is 0.391 e. The first-order valence-electron chi connectivity index (χ1n) is 4.61. The van der Waals surface area contributed by atoms with E-state index < -0.39 is 0 Å². The Morgan fingerprint density at radius 3 is 2.79 bits per heavy atom. The van der Waals surface area contributed by atoms with Crippen LogP contribution in [0.1, 0.15) is 18.1 Å². The van der Waals surface area contributed by atoms with Crippen molar-refractivity contribution in [1.29, 1.82) is 0 Å². The molecule has 2 aromatic rings.